The number of likely N-dealkylation sites (tertiary alicyclic amines) is 1. The van der Waals surface area contributed by atoms with Gasteiger partial charge in [-0.05, 0) is 76.2 Å². The van der Waals surface area contributed by atoms with Gasteiger partial charge < -0.3 is 10.2 Å². The smallest absolute Gasteiger partial charge is 0.252 e. The molecule has 0 bridgehead atoms. The molecule has 0 atom stereocenters. The maximum atomic E-state index is 13.0. The Bertz CT molecular complexity index is 981. The van der Waals surface area contributed by atoms with Gasteiger partial charge in [0.05, 0.1) is 22.5 Å². The van der Waals surface area contributed by atoms with E-state index in [0.29, 0.717) is 12.1 Å². The third-order valence-corrected chi connectivity index (χ3v) is 5.52. The predicted octanol–water partition coefficient (Wildman–Crippen LogP) is 4.21. The van der Waals surface area contributed by atoms with Crippen LogP contribution in [-0.4, -0.2) is 47.0 Å². The Kier molecular flexibility index (Phi) is 6.15. The Morgan fingerprint density at radius 2 is 1.93 bits per heavy atom. The summed E-state index contributed by atoms with van der Waals surface area (Å²) in [5.41, 5.74) is 4.09. The lowest BCUT2D eigenvalue weighted by Gasteiger charge is -2.26. The second kappa shape index (κ2) is 9.14. The lowest BCUT2D eigenvalue weighted by atomic mass is 10.0. The zero-order chi connectivity index (χ0) is 20.1. The van der Waals surface area contributed by atoms with E-state index in [1.54, 1.807) is 6.20 Å². The molecule has 0 radical (unpaired) electrons. The second-order valence-corrected chi connectivity index (χ2v) is 7.80. The highest BCUT2D eigenvalue weighted by Gasteiger charge is 2.15. The second-order valence-electron chi connectivity index (χ2n) is 7.80. The molecule has 1 aromatic carbocycles. The molecule has 1 amide bonds. The molecule has 4 rings (SSSR count). The van der Waals surface area contributed by atoms with Gasteiger partial charge in [0.15, 0.2) is 0 Å². The molecule has 1 saturated heterocycles. The van der Waals surface area contributed by atoms with Gasteiger partial charge in [-0.2, -0.15) is 0 Å². The van der Waals surface area contributed by atoms with Gasteiger partial charge in [-0.15, -0.1) is 0 Å². The summed E-state index contributed by atoms with van der Waals surface area (Å²) in [5.74, 6) is -0.0428. The van der Waals surface area contributed by atoms with Gasteiger partial charge in [-0.25, -0.2) is 4.98 Å². The van der Waals surface area contributed by atoms with Crippen LogP contribution >= 0.6 is 0 Å². The monoisotopic (exact) mass is 388 g/mol. The van der Waals surface area contributed by atoms with Crippen molar-refractivity contribution < 1.29 is 4.79 Å². The molecule has 0 saturated carbocycles. The number of hydrogen-bond donors (Lipinski definition) is 1. The highest BCUT2D eigenvalue weighted by molar-refractivity contribution is 6.07. The van der Waals surface area contributed by atoms with Gasteiger partial charge >= 0.3 is 0 Å². The number of pyridine rings is 2. The summed E-state index contributed by atoms with van der Waals surface area (Å²) >= 11 is 0. The van der Waals surface area contributed by atoms with Crippen LogP contribution in [-0.2, 0) is 0 Å². The lowest BCUT2D eigenvalue weighted by Crippen LogP contribution is -2.33. The van der Waals surface area contributed by atoms with Crippen molar-refractivity contribution in [2.45, 2.75) is 32.6 Å². The van der Waals surface area contributed by atoms with E-state index < -0.39 is 0 Å². The molecule has 1 fully saturated rings. The third-order valence-electron chi connectivity index (χ3n) is 5.52. The molecule has 2 aromatic heterocycles. The SMILES string of the molecule is Cc1ccc2nc(-c3ccccn3)cc(C(=O)NCCCN3CCCCC3)c2c1. The van der Waals surface area contributed by atoms with Crippen LogP contribution in [0.1, 0.15) is 41.6 Å². The van der Waals surface area contributed by atoms with Gasteiger partial charge in [0.2, 0.25) is 0 Å². The van der Waals surface area contributed by atoms with Crippen LogP contribution < -0.4 is 5.32 Å². The zero-order valence-electron chi connectivity index (χ0n) is 17.0. The fourth-order valence-corrected chi connectivity index (χ4v) is 3.96. The van der Waals surface area contributed by atoms with E-state index in [-0.39, 0.29) is 5.91 Å². The number of piperidine rings is 1. The van der Waals surface area contributed by atoms with Crippen molar-refractivity contribution in [3.8, 4) is 11.4 Å². The number of carbonyl (C=O) groups is 1. The molecule has 0 unspecified atom stereocenters. The zero-order valence-corrected chi connectivity index (χ0v) is 17.0. The van der Waals surface area contributed by atoms with Crippen molar-refractivity contribution in [2.24, 2.45) is 0 Å². The molecule has 1 aliphatic heterocycles. The van der Waals surface area contributed by atoms with Crippen LogP contribution in [0.15, 0.2) is 48.7 Å². The van der Waals surface area contributed by atoms with E-state index in [1.165, 1.54) is 32.4 Å². The molecule has 1 aliphatic rings. The number of aromatic nitrogens is 2. The first-order valence-electron chi connectivity index (χ1n) is 10.5. The van der Waals surface area contributed by atoms with Crippen molar-refractivity contribution in [1.82, 2.24) is 20.2 Å². The molecule has 0 aliphatic carbocycles. The largest absolute Gasteiger partial charge is 0.352 e. The summed E-state index contributed by atoms with van der Waals surface area (Å²) in [7, 11) is 0. The number of aryl methyl sites for hydroxylation is 1. The maximum Gasteiger partial charge on any atom is 0.252 e. The first kappa shape index (κ1) is 19.5. The van der Waals surface area contributed by atoms with Crippen LogP contribution in [0.2, 0.25) is 0 Å². The topological polar surface area (TPSA) is 58.1 Å². The summed E-state index contributed by atoms with van der Waals surface area (Å²) in [4.78, 5) is 24.7. The number of rotatable bonds is 6. The molecule has 5 heteroatoms. The number of nitrogens with one attached hydrogen (secondary N) is 1. The molecule has 5 nitrogen and oxygen atoms in total. The number of hydrogen-bond acceptors (Lipinski definition) is 4. The van der Waals surface area contributed by atoms with Crippen molar-refractivity contribution in [1.29, 1.82) is 0 Å². The fraction of sp³-hybridized carbons (Fsp3) is 0.375. The minimum Gasteiger partial charge on any atom is -0.352 e. The van der Waals surface area contributed by atoms with Crippen LogP contribution in [0.5, 0.6) is 0 Å². The highest BCUT2D eigenvalue weighted by Crippen LogP contribution is 2.24. The van der Waals surface area contributed by atoms with Crippen molar-refractivity contribution in [2.75, 3.05) is 26.2 Å². The van der Waals surface area contributed by atoms with Crippen molar-refractivity contribution >= 4 is 16.8 Å². The van der Waals surface area contributed by atoms with E-state index >= 15 is 0 Å². The first-order chi connectivity index (χ1) is 14.2. The molecule has 29 heavy (non-hydrogen) atoms. The van der Waals surface area contributed by atoms with Crippen molar-refractivity contribution in [3.63, 3.8) is 0 Å². The fourth-order valence-electron chi connectivity index (χ4n) is 3.96. The van der Waals surface area contributed by atoms with Gasteiger partial charge in [0.1, 0.15) is 0 Å². The molecular weight excluding hydrogens is 360 g/mol. The van der Waals surface area contributed by atoms with Crippen molar-refractivity contribution in [3.05, 3.63) is 59.8 Å². The molecule has 3 heterocycles. The predicted molar refractivity (Wildman–Crippen MR) is 117 cm³/mol. The normalized spacial score (nSPS) is 14.8. The van der Waals surface area contributed by atoms with E-state index in [0.717, 1.165) is 40.8 Å². The van der Waals surface area contributed by atoms with E-state index in [2.05, 4.69) is 15.2 Å². The summed E-state index contributed by atoms with van der Waals surface area (Å²) in [6.07, 6.45) is 6.66. The summed E-state index contributed by atoms with van der Waals surface area (Å²) < 4.78 is 0. The number of amides is 1. The first-order valence-corrected chi connectivity index (χ1v) is 10.5. The average Bonchev–Trinajstić information content (AvgIpc) is 2.77. The number of benzene rings is 1. The lowest BCUT2D eigenvalue weighted by molar-refractivity contribution is 0.0952. The van der Waals surface area contributed by atoms with Crippen LogP contribution in [0.3, 0.4) is 0 Å². The maximum absolute atomic E-state index is 13.0. The minimum absolute atomic E-state index is 0.0428. The molecule has 150 valence electrons. The van der Waals surface area contributed by atoms with E-state index in [1.807, 2.05) is 49.4 Å². The van der Waals surface area contributed by atoms with Crippen LogP contribution in [0.25, 0.3) is 22.3 Å². The van der Waals surface area contributed by atoms with Gasteiger partial charge in [0.25, 0.3) is 5.91 Å². The summed E-state index contributed by atoms with van der Waals surface area (Å²) in [5, 5.41) is 4.00. The van der Waals surface area contributed by atoms with Gasteiger partial charge in [0, 0.05) is 18.1 Å². The van der Waals surface area contributed by atoms with E-state index in [4.69, 9.17) is 4.98 Å². The molecule has 0 spiro atoms. The summed E-state index contributed by atoms with van der Waals surface area (Å²) in [6, 6.07) is 13.6. The average molecular weight is 389 g/mol. The van der Waals surface area contributed by atoms with Gasteiger partial charge in [-0.3, -0.25) is 9.78 Å². The van der Waals surface area contributed by atoms with Crippen LogP contribution in [0, 0.1) is 6.92 Å². The number of nitrogens with zero attached hydrogens (tertiary/aromatic N) is 3. The van der Waals surface area contributed by atoms with E-state index in [9.17, 15) is 4.79 Å². The van der Waals surface area contributed by atoms with Crippen LogP contribution in [0.4, 0.5) is 0 Å². The Labute approximate surface area is 172 Å². The quantitative estimate of drug-likeness (QED) is 0.643. The standard InChI is InChI=1S/C24H28N4O/c1-18-9-10-21-19(16-18)20(17-23(27-21)22-8-3-4-11-25-22)24(29)26-12-7-15-28-13-5-2-6-14-28/h3-4,8-11,16-17H,2,5-7,12-15H2,1H3,(H,26,29). The molecular formula is C24H28N4O. The number of fused-ring (bicyclic) bond motifs is 1. The minimum atomic E-state index is -0.0428. The van der Waals surface area contributed by atoms with Gasteiger partial charge in [-0.1, -0.05) is 24.1 Å². The molecule has 3 aromatic rings. The molecule has 1 N–H and O–H groups in total. The Balaban J connectivity index is 1.52. The Morgan fingerprint density at radius 1 is 1.07 bits per heavy atom. The highest BCUT2D eigenvalue weighted by atomic mass is 16.1. The Hall–Kier alpha value is -2.79. The summed E-state index contributed by atoms with van der Waals surface area (Å²) in [6.45, 7) is 6.15. The third kappa shape index (κ3) is 4.80. The Morgan fingerprint density at radius 3 is 2.72 bits per heavy atom. The number of carbonyl (C=O) groups excluding carboxylic acids is 1.